The van der Waals surface area contributed by atoms with Crippen LogP contribution in [0.15, 0.2) is 54.6 Å². The summed E-state index contributed by atoms with van der Waals surface area (Å²) in [6.45, 7) is 3.26. The Bertz CT molecular complexity index is 899. The maximum Gasteiger partial charge on any atom is 0.257 e. The van der Waals surface area contributed by atoms with Gasteiger partial charge in [0.15, 0.2) is 10.9 Å². The number of hydrogen-bond donors (Lipinski definition) is 1. The number of nitrogens with zero attached hydrogens (tertiary/aromatic N) is 1. The van der Waals surface area contributed by atoms with Crippen molar-refractivity contribution < 1.29 is 9.59 Å². The number of anilines is 1. The molecule has 0 saturated carbocycles. The van der Waals surface area contributed by atoms with E-state index in [1.165, 1.54) is 23.8 Å². The predicted octanol–water partition coefficient (Wildman–Crippen LogP) is 4.50. The van der Waals surface area contributed by atoms with Crippen molar-refractivity contribution in [2.24, 2.45) is 0 Å². The molecule has 1 amide bonds. The summed E-state index contributed by atoms with van der Waals surface area (Å²) in [6.07, 6.45) is 0.830. The molecule has 0 spiro atoms. The largest absolute Gasteiger partial charge is 0.298 e. The molecule has 0 aliphatic heterocycles. The van der Waals surface area contributed by atoms with Crippen LogP contribution in [-0.2, 0) is 6.42 Å². The average Bonchev–Trinajstić information content (AvgIpc) is 2.97. The van der Waals surface area contributed by atoms with Crippen LogP contribution in [0.3, 0.4) is 0 Å². The summed E-state index contributed by atoms with van der Waals surface area (Å²) < 4.78 is 0. The zero-order valence-corrected chi connectivity index (χ0v) is 14.9. The molecule has 0 unspecified atom stereocenters. The third-order valence-corrected chi connectivity index (χ3v) is 4.98. The highest BCUT2D eigenvalue weighted by Crippen LogP contribution is 2.23. The van der Waals surface area contributed by atoms with Gasteiger partial charge in [0.2, 0.25) is 0 Å². The van der Waals surface area contributed by atoms with Crippen molar-refractivity contribution in [3.8, 4) is 0 Å². The lowest BCUT2D eigenvalue weighted by Crippen LogP contribution is -2.11. The molecular weight excluding hydrogens is 332 g/mol. The Hall–Kier alpha value is -2.79. The molecule has 4 nitrogen and oxygen atoms in total. The molecule has 0 saturated heterocycles. The zero-order valence-electron chi connectivity index (χ0n) is 14.1. The van der Waals surface area contributed by atoms with Crippen molar-refractivity contribution in [2.45, 2.75) is 20.3 Å². The Morgan fingerprint density at radius 2 is 1.64 bits per heavy atom. The van der Waals surface area contributed by atoms with Crippen LogP contribution in [0, 0.1) is 6.92 Å². The normalized spacial score (nSPS) is 10.5. The first-order valence-corrected chi connectivity index (χ1v) is 8.77. The van der Waals surface area contributed by atoms with Crippen LogP contribution < -0.4 is 5.32 Å². The molecule has 25 heavy (non-hydrogen) atoms. The van der Waals surface area contributed by atoms with E-state index >= 15 is 0 Å². The van der Waals surface area contributed by atoms with Gasteiger partial charge in [-0.25, -0.2) is 4.98 Å². The fraction of sp³-hybridized carbons (Fsp3) is 0.150. The fourth-order valence-corrected chi connectivity index (χ4v) is 3.41. The Morgan fingerprint density at radius 1 is 1.00 bits per heavy atom. The monoisotopic (exact) mass is 350 g/mol. The smallest absolute Gasteiger partial charge is 0.257 e. The molecule has 0 aliphatic carbocycles. The number of carbonyl (C=O) groups excluding carboxylic acids is 2. The van der Waals surface area contributed by atoms with Crippen LogP contribution in [0.2, 0.25) is 0 Å². The summed E-state index contributed by atoms with van der Waals surface area (Å²) in [4.78, 5) is 28.6. The molecule has 3 aromatic rings. The second-order valence-electron chi connectivity index (χ2n) is 5.80. The van der Waals surface area contributed by atoms with Crippen LogP contribution in [-0.4, -0.2) is 16.7 Å². The van der Waals surface area contributed by atoms with Gasteiger partial charge < -0.3 is 0 Å². The molecule has 2 aromatic carbocycles. The Labute approximate surface area is 150 Å². The number of carbonyl (C=O) groups is 2. The van der Waals surface area contributed by atoms with Crippen molar-refractivity contribution in [3.05, 3.63) is 81.9 Å². The van der Waals surface area contributed by atoms with E-state index < -0.39 is 0 Å². The molecule has 0 aliphatic rings. The number of amides is 1. The first-order chi connectivity index (χ1) is 12.0. The number of thiazole rings is 1. The fourth-order valence-electron chi connectivity index (χ4n) is 2.55. The molecule has 0 bridgehead atoms. The van der Waals surface area contributed by atoms with Gasteiger partial charge in [-0.1, -0.05) is 53.8 Å². The first kappa shape index (κ1) is 17.0. The van der Waals surface area contributed by atoms with Gasteiger partial charge >= 0.3 is 0 Å². The van der Waals surface area contributed by atoms with Gasteiger partial charge in [0.1, 0.15) is 0 Å². The second-order valence-corrected chi connectivity index (χ2v) is 6.80. The maximum absolute atomic E-state index is 12.3. The Kier molecular flexibility index (Phi) is 5.05. The highest BCUT2D eigenvalue weighted by Gasteiger charge is 2.14. The van der Waals surface area contributed by atoms with Crippen LogP contribution in [0.5, 0.6) is 0 Å². The molecular formula is C20H18N2O2S. The number of rotatable bonds is 5. The highest BCUT2D eigenvalue weighted by molar-refractivity contribution is 7.17. The Balaban J connectivity index is 1.68. The lowest BCUT2D eigenvalue weighted by atomic mass is 10.0. The molecule has 1 heterocycles. The predicted molar refractivity (Wildman–Crippen MR) is 100 cm³/mol. The number of benzene rings is 2. The second kappa shape index (κ2) is 7.40. The zero-order chi connectivity index (χ0) is 17.8. The molecule has 1 N–H and O–H groups in total. The summed E-state index contributed by atoms with van der Waals surface area (Å²) in [5, 5.41) is 3.21. The van der Waals surface area contributed by atoms with Crippen molar-refractivity contribution in [1.82, 2.24) is 4.98 Å². The quantitative estimate of drug-likeness (QED) is 0.689. The summed E-state index contributed by atoms with van der Waals surface area (Å²) in [5.74, 6) is -0.268. The lowest BCUT2D eigenvalue weighted by Gasteiger charge is -2.05. The highest BCUT2D eigenvalue weighted by atomic mass is 32.1. The minimum absolute atomic E-state index is 0.0410. The van der Waals surface area contributed by atoms with E-state index in [9.17, 15) is 9.59 Å². The SMILES string of the molecule is CC(=O)c1sc(NC(=O)c2ccc(Cc3ccccc3)cc2)nc1C. The molecule has 0 fully saturated rings. The standard InChI is InChI=1S/C20H18N2O2S/c1-13-18(14(2)23)25-20(21-13)22-19(24)17-10-8-16(9-11-17)12-15-6-4-3-5-7-15/h3-11H,12H2,1-2H3,(H,21,22,24). The summed E-state index contributed by atoms with van der Waals surface area (Å²) >= 11 is 1.20. The van der Waals surface area contributed by atoms with Gasteiger partial charge in [-0.15, -0.1) is 0 Å². The third-order valence-electron chi connectivity index (χ3n) is 3.80. The third kappa shape index (κ3) is 4.19. The Morgan fingerprint density at radius 3 is 2.24 bits per heavy atom. The van der Waals surface area contributed by atoms with E-state index in [0.717, 1.165) is 12.0 Å². The minimum Gasteiger partial charge on any atom is -0.298 e. The summed E-state index contributed by atoms with van der Waals surface area (Å²) in [6, 6.07) is 17.7. The van der Waals surface area contributed by atoms with E-state index in [1.54, 1.807) is 19.1 Å². The molecule has 0 radical (unpaired) electrons. The van der Waals surface area contributed by atoms with Gasteiger partial charge in [0, 0.05) is 12.5 Å². The lowest BCUT2D eigenvalue weighted by molar-refractivity contribution is 0.101. The molecule has 1 aromatic heterocycles. The van der Waals surface area contributed by atoms with Crippen LogP contribution in [0.25, 0.3) is 0 Å². The van der Waals surface area contributed by atoms with E-state index in [4.69, 9.17) is 0 Å². The van der Waals surface area contributed by atoms with Gasteiger partial charge in [-0.3, -0.25) is 14.9 Å². The minimum atomic E-state index is -0.227. The van der Waals surface area contributed by atoms with E-state index in [2.05, 4.69) is 22.4 Å². The van der Waals surface area contributed by atoms with Crippen LogP contribution >= 0.6 is 11.3 Å². The summed E-state index contributed by atoms with van der Waals surface area (Å²) in [5.41, 5.74) is 3.58. The number of nitrogens with one attached hydrogen (secondary N) is 1. The van der Waals surface area contributed by atoms with Crippen molar-refractivity contribution >= 4 is 28.2 Å². The van der Waals surface area contributed by atoms with Gasteiger partial charge in [0.25, 0.3) is 5.91 Å². The topological polar surface area (TPSA) is 59.1 Å². The summed E-state index contributed by atoms with van der Waals surface area (Å²) in [7, 11) is 0. The number of Topliss-reactive ketones (excluding diaryl/α,β-unsaturated/α-hetero) is 1. The van der Waals surface area contributed by atoms with E-state index in [1.807, 2.05) is 30.3 Å². The van der Waals surface area contributed by atoms with Crippen LogP contribution in [0.4, 0.5) is 5.13 Å². The average molecular weight is 350 g/mol. The number of hydrogen-bond acceptors (Lipinski definition) is 4. The maximum atomic E-state index is 12.3. The molecule has 5 heteroatoms. The van der Waals surface area contributed by atoms with Gasteiger partial charge in [-0.2, -0.15) is 0 Å². The molecule has 0 atom stereocenters. The number of aromatic nitrogens is 1. The number of ketones is 1. The molecule has 126 valence electrons. The van der Waals surface area contributed by atoms with E-state index in [-0.39, 0.29) is 11.7 Å². The first-order valence-electron chi connectivity index (χ1n) is 7.95. The number of aryl methyl sites for hydroxylation is 1. The van der Waals surface area contributed by atoms with Gasteiger partial charge in [-0.05, 0) is 36.6 Å². The van der Waals surface area contributed by atoms with Crippen molar-refractivity contribution in [2.75, 3.05) is 5.32 Å². The van der Waals surface area contributed by atoms with Crippen molar-refractivity contribution in [3.63, 3.8) is 0 Å². The van der Waals surface area contributed by atoms with Crippen LogP contribution in [0.1, 0.15) is 43.8 Å². The van der Waals surface area contributed by atoms with E-state index in [0.29, 0.717) is 21.3 Å². The molecule has 3 rings (SSSR count). The van der Waals surface area contributed by atoms with Crippen molar-refractivity contribution in [1.29, 1.82) is 0 Å². The van der Waals surface area contributed by atoms with Gasteiger partial charge in [0.05, 0.1) is 10.6 Å².